The second-order valence-electron chi connectivity index (χ2n) is 26.7. The van der Waals surface area contributed by atoms with Gasteiger partial charge in [-0.1, -0.05) is 372 Å². The minimum Gasteiger partial charge on any atom is -0.466 e. The fraction of sp³-hybridized carbons (Fsp3) is 0.923. The summed E-state index contributed by atoms with van der Waals surface area (Å²) >= 11 is 0. The van der Waals surface area contributed by atoms with E-state index in [-0.39, 0.29) is 18.5 Å². The lowest BCUT2D eigenvalue weighted by Gasteiger charge is -2.22. The van der Waals surface area contributed by atoms with Gasteiger partial charge >= 0.3 is 5.97 Å². The molecule has 0 aliphatic heterocycles. The Bertz CT molecular complexity index is 1320. The Morgan fingerprint density at radius 1 is 0.321 bits per heavy atom. The number of carbonyl (C=O) groups excluding carboxylic acids is 2. The maximum atomic E-state index is 12.5. The number of hydrogen-bond acceptors (Lipinski definition) is 5. The van der Waals surface area contributed by atoms with E-state index in [4.69, 9.17) is 4.74 Å². The Hall–Kier alpha value is -1.66. The molecular weight excluding hydrogens is 1030 g/mol. The number of amides is 1. The third-order valence-corrected chi connectivity index (χ3v) is 18.2. The Morgan fingerprint density at radius 2 is 0.560 bits per heavy atom. The van der Waals surface area contributed by atoms with Gasteiger partial charge in [0.1, 0.15) is 0 Å². The molecule has 0 saturated heterocycles. The second kappa shape index (κ2) is 73.8. The minimum absolute atomic E-state index is 0.0146. The lowest BCUT2D eigenvalue weighted by atomic mass is 10.0. The van der Waals surface area contributed by atoms with Gasteiger partial charge in [0.25, 0.3) is 0 Å². The van der Waals surface area contributed by atoms with Crippen molar-refractivity contribution in [1.82, 2.24) is 5.32 Å². The maximum Gasteiger partial charge on any atom is 0.305 e. The molecule has 498 valence electrons. The highest BCUT2D eigenvalue weighted by molar-refractivity contribution is 5.76. The van der Waals surface area contributed by atoms with E-state index >= 15 is 0 Å². The zero-order valence-corrected chi connectivity index (χ0v) is 57.2. The van der Waals surface area contributed by atoms with E-state index in [0.717, 1.165) is 44.9 Å². The van der Waals surface area contributed by atoms with Crippen LogP contribution >= 0.6 is 0 Å². The Kier molecular flexibility index (Phi) is 72.3. The number of ether oxygens (including phenoxy) is 1. The number of aliphatic hydroxyl groups is 2. The quantitative estimate of drug-likeness (QED) is 0.0320. The molecule has 0 radical (unpaired) electrons. The molecule has 0 rings (SSSR count). The molecule has 0 saturated carbocycles. The van der Waals surface area contributed by atoms with Crippen LogP contribution < -0.4 is 5.32 Å². The van der Waals surface area contributed by atoms with Crippen molar-refractivity contribution in [3.05, 3.63) is 24.3 Å². The molecule has 0 aromatic rings. The molecular formula is C78H151NO5. The van der Waals surface area contributed by atoms with Gasteiger partial charge in [0.05, 0.1) is 25.4 Å². The molecule has 0 aliphatic rings. The number of hydrogen-bond donors (Lipinski definition) is 3. The van der Waals surface area contributed by atoms with Crippen LogP contribution in [0.3, 0.4) is 0 Å². The smallest absolute Gasteiger partial charge is 0.305 e. The number of unbranched alkanes of at least 4 members (excludes halogenated alkanes) is 58. The summed E-state index contributed by atoms with van der Waals surface area (Å²) in [5.74, 6) is -0.0130. The van der Waals surface area contributed by atoms with Crippen molar-refractivity contribution in [1.29, 1.82) is 0 Å². The Labute approximate surface area is 526 Å². The van der Waals surface area contributed by atoms with Crippen molar-refractivity contribution in [3.63, 3.8) is 0 Å². The molecule has 6 nitrogen and oxygen atoms in total. The first kappa shape index (κ1) is 82.3. The lowest BCUT2D eigenvalue weighted by Crippen LogP contribution is -2.45. The van der Waals surface area contributed by atoms with E-state index < -0.39 is 12.1 Å². The standard InChI is InChI=1S/C78H151NO5/c1-3-5-7-9-11-13-15-17-46-50-54-58-62-66-70-76(81)75(74-80)79-77(82)71-67-63-59-55-51-47-44-42-40-38-36-34-32-30-28-26-24-22-20-19-21-23-25-27-29-31-33-35-37-39-41-43-45-49-53-57-61-65-69-73-84-78(83)72-68-64-60-56-52-48-18-16-14-12-10-8-6-4-2/h16,18-20,75-76,80-81H,3-15,17,21-74H2,1-2H3,(H,79,82)/b18-16-,20-19-. The highest BCUT2D eigenvalue weighted by Gasteiger charge is 2.20. The zero-order valence-electron chi connectivity index (χ0n) is 57.2. The largest absolute Gasteiger partial charge is 0.466 e. The molecule has 0 fully saturated rings. The molecule has 0 aromatic carbocycles. The number of aliphatic hydroxyl groups excluding tert-OH is 2. The summed E-state index contributed by atoms with van der Waals surface area (Å²) < 4.78 is 5.49. The molecule has 6 heteroatoms. The SMILES string of the molecule is CCCCCCC/C=C\CCCCCCCC(=O)OCCCCCCCCCCCCCCCCCCCC/C=C\CCCCCCCCCCCCCCCCCCCC(=O)NC(CO)C(O)CCCCCCCCCCCCCCCC. The zero-order chi connectivity index (χ0) is 60.6. The van der Waals surface area contributed by atoms with Gasteiger partial charge in [-0.05, 0) is 77.0 Å². The number of carbonyl (C=O) groups is 2. The van der Waals surface area contributed by atoms with Gasteiger partial charge in [-0.15, -0.1) is 0 Å². The predicted octanol–water partition coefficient (Wildman–Crippen LogP) is 25.3. The summed E-state index contributed by atoms with van der Waals surface area (Å²) in [5, 5.41) is 23.3. The Balaban J connectivity index is 3.31. The molecule has 84 heavy (non-hydrogen) atoms. The fourth-order valence-electron chi connectivity index (χ4n) is 12.3. The third kappa shape index (κ3) is 69.4. The first-order chi connectivity index (χ1) is 41.5. The fourth-order valence-corrected chi connectivity index (χ4v) is 12.3. The summed E-state index contributed by atoms with van der Waals surface area (Å²) in [5.41, 5.74) is 0. The lowest BCUT2D eigenvalue weighted by molar-refractivity contribution is -0.143. The number of allylic oxidation sites excluding steroid dienone is 4. The molecule has 0 heterocycles. The predicted molar refractivity (Wildman–Crippen MR) is 370 cm³/mol. The van der Waals surface area contributed by atoms with Crippen LogP contribution in [0.25, 0.3) is 0 Å². The van der Waals surface area contributed by atoms with Crippen LogP contribution in [-0.4, -0.2) is 47.4 Å². The summed E-state index contributed by atoms with van der Waals surface area (Å²) in [7, 11) is 0. The van der Waals surface area contributed by atoms with Crippen LogP contribution in [0.2, 0.25) is 0 Å². The van der Waals surface area contributed by atoms with Crippen molar-refractivity contribution >= 4 is 11.9 Å². The average molecular weight is 1180 g/mol. The molecule has 1 amide bonds. The van der Waals surface area contributed by atoms with Crippen molar-refractivity contribution in [2.24, 2.45) is 0 Å². The molecule has 2 unspecified atom stereocenters. The van der Waals surface area contributed by atoms with E-state index in [1.54, 1.807) is 0 Å². The van der Waals surface area contributed by atoms with Crippen molar-refractivity contribution < 1.29 is 24.5 Å². The summed E-state index contributed by atoms with van der Waals surface area (Å²) in [6.45, 7) is 4.98. The van der Waals surface area contributed by atoms with E-state index in [1.165, 1.54) is 360 Å². The van der Waals surface area contributed by atoms with Crippen LogP contribution in [0.1, 0.15) is 438 Å². The van der Waals surface area contributed by atoms with E-state index in [9.17, 15) is 19.8 Å². The average Bonchev–Trinajstić information content (AvgIpc) is 3.52. The van der Waals surface area contributed by atoms with E-state index in [1.807, 2.05) is 0 Å². The van der Waals surface area contributed by atoms with Gasteiger partial charge in [-0.3, -0.25) is 9.59 Å². The molecule has 0 aromatic heterocycles. The van der Waals surface area contributed by atoms with Gasteiger partial charge in [0.15, 0.2) is 0 Å². The summed E-state index contributed by atoms with van der Waals surface area (Å²) in [6.07, 6.45) is 94.2. The van der Waals surface area contributed by atoms with Crippen LogP contribution in [0.15, 0.2) is 24.3 Å². The van der Waals surface area contributed by atoms with Gasteiger partial charge in [0.2, 0.25) is 5.91 Å². The molecule has 2 atom stereocenters. The Morgan fingerprint density at radius 3 is 0.845 bits per heavy atom. The molecule has 0 bridgehead atoms. The van der Waals surface area contributed by atoms with Gasteiger partial charge < -0.3 is 20.3 Å². The number of nitrogens with one attached hydrogen (secondary N) is 1. The number of rotatable bonds is 73. The van der Waals surface area contributed by atoms with Crippen LogP contribution in [0.4, 0.5) is 0 Å². The third-order valence-electron chi connectivity index (χ3n) is 18.2. The monoisotopic (exact) mass is 1180 g/mol. The highest BCUT2D eigenvalue weighted by atomic mass is 16.5. The van der Waals surface area contributed by atoms with Crippen LogP contribution in [-0.2, 0) is 14.3 Å². The molecule has 0 aliphatic carbocycles. The van der Waals surface area contributed by atoms with Crippen LogP contribution in [0.5, 0.6) is 0 Å². The van der Waals surface area contributed by atoms with E-state index in [0.29, 0.717) is 25.9 Å². The van der Waals surface area contributed by atoms with Crippen molar-refractivity contribution in [2.45, 2.75) is 450 Å². The maximum absolute atomic E-state index is 12.5. The highest BCUT2D eigenvalue weighted by Crippen LogP contribution is 2.20. The summed E-state index contributed by atoms with van der Waals surface area (Å²) in [6, 6.07) is -0.537. The first-order valence-corrected chi connectivity index (χ1v) is 38.6. The normalized spacial score (nSPS) is 12.6. The molecule has 3 N–H and O–H groups in total. The summed E-state index contributed by atoms with van der Waals surface area (Å²) in [4.78, 5) is 24.6. The van der Waals surface area contributed by atoms with Gasteiger partial charge in [-0.2, -0.15) is 0 Å². The number of esters is 1. The topological polar surface area (TPSA) is 95.9 Å². The first-order valence-electron chi connectivity index (χ1n) is 38.6. The van der Waals surface area contributed by atoms with Gasteiger partial charge in [0, 0.05) is 12.8 Å². The van der Waals surface area contributed by atoms with Crippen LogP contribution in [0, 0.1) is 0 Å². The molecule has 0 spiro atoms. The second-order valence-corrected chi connectivity index (χ2v) is 26.7. The van der Waals surface area contributed by atoms with Crippen molar-refractivity contribution in [3.8, 4) is 0 Å². The minimum atomic E-state index is -0.660. The van der Waals surface area contributed by atoms with E-state index in [2.05, 4.69) is 43.5 Å². The van der Waals surface area contributed by atoms with Crippen molar-refractivity contribution in [2.75, 3.05) is 13.2 Å². The van der Waals surface area contributed by atoms with Gasteiger partial charge in [-0.25, -0.2) is 0 Å².